The number of aliphatic hydroxyl groups is 1. The van der Waals surface area contributed by atoms with Crippen LogP contribution in [0.1, 0.15) is 52.4 Å². The Hall–Kier alpha value is -1.78. The molecule has 1 aliphatic carbocycles. The number of aromatic nitrogens is 2. The minimum atomic E-state index is -1.03. The van der Waals surface area contributed by atoms with E-state index in [0.29, 0.717) is 49.0 Å². The molecule has 0 spiro atoms. The molecule has 4 rings (SSSR count). The number of hydrogen-bond donors (Lipinski definition) is 1. The molecule has 2 aliphatic rings. The third kappa shape index (κ3) is 6.32. The minimum Gasteiger partial charge on any atom is -0.598 e. The molecule has 2 aromatic rings. The van der Waals surface area contributed by atoms with Gasteiger partial charge < -0.3 is 19.3 Å². The van der Waals surface area contributed by atoms with Crippen LogP contribution in [-0.2, 0) is 11.4 Å². The largest absolute Gasteiger partial charge is 0.598 e. The van der Waals surface area contributed by atoms with Crippen molar-refractivity contribution >= 4 is 28.7 Å². The number of ether oxygens (including phenoxy) is 1. The highest BCUT2D eigenvalue weighted by Gasteiger charge is 2.31. The fourth-order valence-corrected chi connectivity index (χ4v) is 6.10. The fraction of sp³-hybridized carbons (Fsp3) is 0.600. The topological polar surface area (TPSA) is 93.9 Å². The Morgan fingerprint density at radius 3 is 2.57 bits per heavy atom. The summed E-state index contributed by atoms with van der Waals surface area (Å²) in [6.45, 7) is 6.63. The van der Waals surface area contributed by atoms with Gasteiger partial charge in [0.25, 0.3) is 0 Å². The summed E-state index contributed by atoms with van der Waals surface area (Å²) < 4.78 is 21.9. The molecule has 1 unspecified atom stereocenters. The van der Waals surface area contributed by atoms with Crippen LogP contribution in [-0.4, -0.2) is 67.4 Å². The zero-order valence-electron chi connectivity index (χ0n) is 20.5. The Morgan fingerprint density at radius 1 is 1.20 bits per heavy atom. The molecule has 8 nitrogen and oxygen atoms in total. The van der Waals surface area contributed by atoms with Crippen molar-refractivity contribution in [3.8, 4) is 11.4 Å². The Bertz CT molecular complexity index is 1050. The molecule has 1 atom stereocenters. The van der Waals surface area contributed by atoms with Crippen molar-refractivity contribution in [3.05, 3.63) is 45.8 Å². The van der Waals surface area contributed by atoms with Crippen LogP contribution in [0.4, 0.5) is 5.69 Å². The smallest absolute Gasteiger partial charge is 0.316 e. The summed E-state index contributed by atoms with van der Waals surface area (Å²) in [7, 11) is 0. The lowest BCUT2D eigenvalue weighted by atomic mass is 9.83. The van der Waals surface area contributed by atoms with Crippen LogP contribution in [0, 0.1) is 0 Å². The number of halogens is 1. The summed E-state index contributed by atoms with van der Waals surface area (Å²) in [6.07, 6.45) is 6.84. The van der Waals surface area contributed by atoms with Crippen molar-refractivity contribution < 1.29 is 14.4 Å². The Labute approximate surface area is 215 Å². The van der Waals surface area contributed by atoms with Crippen molar-refractivity contribution in [2.45, 2.75) is 63.2 Å². The Morgan fingerprint density at radius 2 is 1.91 bits per heavy atom. The minimum absolute atomic E-state index is 0.0642. The number of anilines is 1. The summed E-state index contributed by atoms with van der Waals surface area (Å²) in [5.41, 5.74) is 0.0821. The first-order valence-electron chi connectivity index (χ1n) is 12.4. The summed E-state index contributed by atoms with van der Waals surface area (Å²) >= 11 is 5.12. The average Bonchev–Trinajstić information content (AvgIpc) is 2.85. The van der Waals surface area contributed by atoms with Crippen LogP contribution in [0.25, 0.3) is 5.69 Å². The molecule has 2 fully saturated rings. The number of benzene rings is 1. The van der Waals surface area contributed by atoms with Crippen molar-refractivity contribution in [1.29, 1.82) is 0 Å². The molecule has 1 aliphatic heterocycles. The number of piperazine rings is 1. The predicted molar refractivity (Wildman–Crippen MR) is 140 cm³/mol. The molecule has 192 valence electrons. The number of hydrogen-bond acceptors (Lipinski definition) is 7. The molecule has 10 heteroatoms. The van der Waals surface area contributed by atoms with Crippen molar-refractivity contribution in [2.75, 3.05) is 37.7 Å². The molecule has 0 bridgehead atoms. The predicted octanol–water partition coefficient (Wildman–Crippen LogP) is 3.54. The molecule has 1 aromatic heterocycles. The maximum absolute atomic E-state index is 13.6. The molecule has 1 saturated heterocycles. The summed E-state index contributed by atoms with van der Waals surface area (Å²) in [6, 6.07) is 6.97. The first-order chi connectivity index (χ1) is 16.8. The zero-order valence-corrected chi connectivity index (χ0v) is 22.1. The van der Waals surface area contributed by atoms with E-state index in [1.165, 1.54) is 4.68 Å². The van der Waals surface area contributed by atoms with E-state index in [0.717, 1.165) is 32.1 Å². The van der Waals surface area contributed by atoms with Gasteiger partial charge in [0.05, 0.1) is 37.2 Å². The van der Waals surface area contributed by atoms with E-state index in [9.17, 15) is 14.5 Å². The Kier molecular flexibility index (Phi) is 8.65. The normalized spacial score (nSPS) is 19.7. The molecule has 0 radical (unpaired) electrons. The van der Waals surface area contributed by atoms with E-state index in [-0.39, 0.29) is 23.2 Å². The van der Waals surface area contributed by atoms with Crippen LogP contribution >= 0.6 is 11.6 Å². The van der Waals surface area contributed by atoms with Crippen LogP contribution in [0.5, 0.6) is 5.75 Å². The summed E-state index contributed by atoms with van der Waals surface area (Å²) in [5, 5.41) is 15.9. The van der Waals surface area contributed by atoms with E-state index >= 15 is 0 Å². The lowest BCUT2D eigenvalue weighted by molar-refractivity contribution is -0.0137. The van der Waals surface area contributed by atoms with Gasteiger partial charge in [-0.2, -0.15) is 9.78 Å². The highest BCUT2D eigenvalue weighted by Crippen LogP contribution is 2.32. The molecule has 1 N–H and O–H groups in total. The molecular formula is C25H35ClN4O4S. The first-order valence-corrected chi connectivity index (χ1v) is 14.0. The first kappa shape index (κ1) is 26.3. The third-order valence-electron chi connectivity index (χ3n) is 6.80. The van der Waals surface area contributed by atoms with Crippen LogP contribution < -0.4 is 15.2 Å². The van der Waals surface area contributed by atoms with E-state index in [1.54, 1.807) is 30.5 Å². The second kappa shape index (κ2) is 11.5. The second-order valence-corrected chi connectivity index (χ2v) is 12.1. The fourth-order valence-electron chi connectivity index (χ4n) is 4.79. The van der Waals surface area contributed by atoms with Gasteiger partial charge in [-0.1, -0.05) is 36.9 Å². The van der Waals surface area contributed by atoms with Gasteiger partial charge >= 0.3 is 5.56 Å². The van der Waals surface area contributed by atoms with E-state index in [4.69, 9.17) is 16.3 Å². The Balaban J connectivity index is 1.58. The molecule has 1 saturated carbocycles. The molecule has 0 amide bonds. The van der Waals surface area contributed by atoms with E-state index < -0.39 is 17.0 Å². The van der Waals surface area contributed by atoms with Gasteiger partial charge in [-0.15, -0.1) is 4.31 Å². The van der Waals surface area contributed by atoms with Crippen molar-refractivity contribution in [2.24, 2.45) is 0 Å². The lowest BCUT2D eigenvalue weighted by Gasteiger charge is -2.37. The van der Waals surface area contributed by atoms with Crippen LogP contribution in [0.3, 0.4) is 0 Å². The van der Waals surface area contributed by atoms with Gasteiger partial charge in [-0.3, -0.25) is 4.79 Å². The van der Waals surface area contributed by atoms with E-state index in [1.807, 2.05) is 18.2 Å². The summed E-state index contributed by atoms with van der Waals surface area (Å²) in [5.74, 6) is 0.220. The molecule has 35 heavy (non-hydrogen) atoms. The standard InChI is InChI=1S/C25H35ClN4O4S/c1-19(2)35(33)29-14-12-28(13-15-29)22-18-27-30(21-8-6-7-20(26)17-21)24(31)23(22)34-16-11-25(32)9-4-3-5-10-25/h6-8,17-19,32H,3-5,9-16H2,1-2H3. The highest BCUT2D eigenvalue weighted by molar-refractivity contribution is 7.89. The maximum atomic E-state index is 13.6. The van der Waals surface area contributed by atoms with E-state index in [2.05, 4.69) is 10.00 Å². The lowest BCUT2D eigenvalue weighted by Crippen LogP contribution is -2.50. The molecule has 1 aromatic carbocycles. The van der Waals surface area contributed by atoms with Gasteiger partial charge in [-0.25, -0.2) is 0 Å². The SMILES string of the molecule is CC(C)[S+]([O-])N1CCN(c2cnn(-c3cccc(Cl)c3)c(=O)c2OCCC2(O)CCCCC2)CC1. The third-order valence-corrected chi connectivity index (χ3v) is 8.72. The van der Waals surface area contributed by atoms with Crippen molar-refractivity contribution in [1.82, 2.24) is 14.1 Å². The van der Waals surface area contributed by atoms with Crippen molar-refractivity contribution in [3.63, 3.8) is 0 Å². The molecule has 2 heterocycles. The zero-order chi connectivity index (χ0) is 25.0. The van der Waals surface area contributed by atoms with Gasteiger partial charge in [0.15, 0.2) is 0 Å². The second-order valence-electron chi connectivity index (χ2n) is 9.68. The van der Waals surface area contributed by atoms with Crippen LogP contribution in [0.15, 0.2) is 35.3 Å². The summed E-state index contributed by atoms with van der Waals surface area (Å²) in [4.78, 5) is 15.6. The molecular weight excluding hydrogens is 488 g/mol. The maximum Gasteiger partial charge on any atom is 0.316 e. The average molecular weight is 523 g/mol. The monoisotopic (exact) mass is 522 g/mol. The van der Waals surface area contributed by atoms with Gasteiger partial charge in [-0.05, 0) is 44.9 Å². The van der Waals surface area contributed by atoms with Gasteiger partial charge in [0, 0.05) is 35.9 Å². The van der Waals surface area contributed by atoms with Gasteiger partial charge in [0.2, 0.25) is 5.75 Å². The van der Waals surface area contributed by atoms with Gasteiger partial charge in [0.1, 0.15) is 10.9 Å². The quantitative estimate of drug-likeness (QED) is 0.530. The van der Waals surface area contributed by atoms with Crippen LogP contribution in [0.2, 0.25) is 5.02 Å². The number of rotatable bonds is 8. The number of nitrogens with zero attached hydrogens (tertiary/aromatic N) is 4. The highest BCUT2D eigenvalue weighted by atomic mass is 35.5.